The van der Waals surface area contributed by atoms with E-state index in [1.54, 1.807) is 12.1 Å². The quantitative estimate of drug-likeness (QED) is 0.777. The first-order chi connectivity index (χ1) is 10.7. The molecule has 0 aliphatic carbocycles. The Morgan fingerprint density at radius 1 is 0.909 bits per heavy atom. The summed E-state index contributed by atoms with van der Waals surface area (Å²) < 4.78 is 10.9. The summed E-state index contributed by atoms with van der Waals surface area (Å²) in [6.45, 7) is 0. The summed E-state index contributed by atoms with van der Waals surface area (Å²) in [4.78, 5) is 11.3. The summed E-state index contributed by atoms with van der Waals surface area (Å²) in [5, 5.41) is 11.4. The van der Waals surface area contributed by atoms with Crippen molar-refractivity contribution in [2.24, 2.45) is 0 Å². The van der Waals surface area contributed by atoms with Gasteiger partial charge in [0, 0.05) is 6.07 Å². The molecule has 0 saturated heterocycles. The second kappa shape index (κ2) is 5.77. The first kappa shape index (κ1) is 13.9. The van der Waals surface area contributed by atoms with Gasteiger partial charge in [0.05, 0.1) is 7.11 Å². The van der Waals surface area contributed by atoms with Crippen LogP contribution in [0.5, 0.6) is 17.2 Å². The van der Waals surface area contributed by atoms with Crippen molar-refractivity contribution in [3.05, 3.63) is 66.2 Å². The molecule has 1 N–H and O–H groups in total. The fourth-order valence-electron chi connectivity index (χ4n) is 2.25. The zero-order valence-corrected chi connectivity index (χ0v) is 11.9. The van der Waals surface area contributed by atoms with Crippen LogP contribution < -0.4 is 9.47 Å². The molecular formula is C18H14O4. The van der Waals surface area contributed by atoms with Crippen molar-refractivity contribution in [2.45, 2.75) is 0 Å². The summed E-state index contributed by atoms with van der Waals surface area (Å²) in [7, 11) is 1.52. The van der Waals surface area contributed by atoms with Gasteiger partial charge in [0.15, 0.2) is 0 Å². The maximum atomic E-state index is 11.3. The molecule has 0 aliphatic heterocycles. The predicted octanol–water partition coefficient (Wildman–Crippen LogP) is 4.34. The molecule has 3 aromatic carbocycles. The van der Waals surface area contributed by atoms with E-state index in [0.29, 0.717) is 11.5 Å². The molecule has 0 amide bonds. The number of benzene rings is 3. The van der Waals surface area contributed by atoms with Crippen LogP contribution in [0.4, 0.5) is 0 Å². The second-order valence-electron chi connectivity index (χ2n) is 4.78. The Kier molecular flexibility index (Phi) is 3.66. The van der Waals surface area contributed by atoms with Crippen LogP contribution in [-0.2, 0) is 0 Å². The Morgan fingerprint density at radius 2 is 1.64 bits per heavy atom. The van der Waals surface area contributed by atoms with Gasteiger partial charge in [-0.25, -0.2) is 4.79 Å². The van der Waals surface area contributed by atoms with E-state index in [2.05, 4.69) is 0 Å². The molecule has 0 bridgehead atoms. The smallest absolute Gasteiger partial charge is 0.339 e. The highest BCUT2D eigenvalue weighted by atomic mass is 16.5. The average Bonchev–Trinajstić information content (AvgIpc) is 2.54. The minimum Gasteiger partial charge on any atom is -0.497 e. The molecule has 0 radical (unpaired) electrons. The molecule has 0 heterocycles. The minimum atomic E-state index is -1.04. The van der Waals surface area contributed by atoms with E-state index >= 15 is 0 Å². The van der Waals surface area contributed by atoms with Gasteiger partial charge in [0.2, 0.25) is 0 Å². The normalized spacial score (nSPS) is 10.4. The molecule has 4 heteroatoms. The van der Waals surface area contributed by atoms with Crippen molar-refractivity contribution < 1.29 is 19.4 Å². The average molecular weight is 294 g/mol. The van der Waals surface area contributed by atoms with E-state index in [4.69, 9.17) is 9.47 Å². The van der Waals surface area contributed by atoms with E-state index < -0.39 is 5.97 Å². The van der Waals surface area contributed by atoms with Crippen molar-refractivity contribution in [1.29, 1.82) is 0 Å². The van der Waals surface area contributed by atoms with Crippen LogP contribution in [0, 0.1) is 0 Å². The summed E-state index contributed by atoms with van der Waals surface area (Å²) in [6.07, 6.45) is 0. The Bertz CT molecular complexity index is 839. The lowest BCUT2D eigenvalue weighted by Crippen LogP contribution is -2.00. The Morgan fingerprint density at radius 3 is 2.36 bits per heavy atom. The van der Waals surface area contributed by atoms with Crippen LogP contribution in [0.1, 0.15) is 10.4 Å². The SMILES string of the molecule is COc1ccc(C(=O)O)c(Oc2ccc3ccccc3c2)c1. The monoisotopic (exact) mass is 294 g/mol. The van der Waals surface area contributed by atoms with E-state index in [1.165, 1.54) is 13.2 Å². The third-order valence-electron chi connectivity index (χ3n) is 3.37. The van der Waals surface area contributed by atoms with Crippen LogP contribution in [-0.4, -0.2) is 18.2 Å². The Labute approximate surface area is 127 Å². The van der Waals surface area contributed by atoms with Crippen LogP contribution in [0.15, 0.2) is 60.7 Å². The van der Waals surface area contributed by atoms with Gasteiger partial charge in [-0.3, -0.25) is 0 Å². The maximum absolute atomic E-state index is 11.3. The zero-order chi connectivity index (χ0) is 15.5. The largest absolute Gasteiger partial charge is 0.497 e. The number of carboxylic acids is 1. The molecule has 0 unspecified atom stereocenters. The van der Waals surface area contributed by atoms with E-state index in [9.17, 15) is 9.90 Å². The lowest BCUT2D eigenvalue weighted by atomic mass is 10.1. The number of methoxy groups -OCH3 is 1. The number of carboxylic acid groups (broad SMARTS) is 1. The number of ether oxygens (including phenoxy) is 2. The second-order valence-corrected chi connectivity index (χ2v) is 4.78. The molecular weight excluding hydrogens is 280 g/mol. The topological polar surface area (TPSA) is 55.8 Å². The standard InChI is InChI=1S/C18H14O4/c1-21-14-8-9-16(18(19)20)17(11-14)22-15-7-6-12-4-2-3-5-13(12)10-15/h2-11H,1H3,(H,19,20). The van der Waals surface area contributed by atoms with Gasteiger partial charge < -0.3 is 14.6 Å². The van der Waals surface area contributed by atoms with Gasteiger partial charge in [0.25, 0.3) is 0 Å². The van der Waals surface area contributed by atoms with Crippen LogP contribution >= 0.6 is 0 Å². The Balaban J connectivity index is 2.01. The molecule has 0 atom stereocenters. The molecule has 0 spiro atoms. The maximum Gasteiger partial charge on any atom is 0.339 e. The Hall–Kier alpha value is -3.01. The van der Waals surface area contributed by atoms with Crippen LogP contribution in [0.3, 0.4) is 0 Å². The molecule has 4 nitrogen and oxygen atoms in total. The van der Waals surface area contributed by atoms with Crippen molar-refractivity contribution in [2.75, 3.05) is 7.11 Å². The molecule has 0 saturated carbocycles. The zero-order valence-electron chi connectivity index (χ0n) is 11.9. The molecule has 3 rings (SSSR count). The highest BCUT2D eigenvalue weighted by Crippen LogP contribution is 2.31. The van der Waals surface area contributed by atoms with E-state index in [0.717, 1.165) is 10.8 Å². The van der Waals surface area contributed by atoms with E-state index in [-0.39, 0.29) is 11.3 Å². The lowest BCUT2D eigenvalue weighted by Gasteiger charge is -2.11. The van der Waals surface area contributed by atoms with Gasteiger partial charge in [-0.05, 0) is 35.0 Å². The highest BCUT2D eigenvalue weighted by Gasteiger charge is 2.13. The summed E-state index contributed by atoms with van der Waals surface area (Å²) in [5.74, 6) is 0.329. The molecule has 22 heavy (non-hydrogen) atoms. The first-order valence-corrected chi connectivity index (χ1v) is 6.75. The number of fused-ring (bicyclic) bond motifs is 1. The molecule has 0 fully saturated rings. The van der Waals surface area contributed by atoms with Crippen molar-refractivity contribution in [1.82, 2.24) is 0 Å². The lowest BCUT2D eigenvalue weighted by molar-refractivity contribution is 0.0694. The van der Waals surface area contributed by atoms with Crippen molar-refractivity contribution in [3.8, 4) is 17.2 Å². The van der Waals surface area contributed by atoms with Crippen LogP contribution in [0.2, 0.25) is 0 Å². The number of hydrogen-bond acceptors (Lipinski definition) is 3. The number of rotatable bonds is 4. The van der Waals surface area contributed by atoms with Gasteiger partial charge in [-0.1, -0.05) is 30.3 Å². The van der Waals surface area contributed by atoms with Crippen molar-refractivity contribution >= 4 is 16.7 Å². The summed E-state index contributed by atoms with van der Waals surface area (Å²) in [6, 6.07) is 18.2. The predicted molar refractivity (Wildman–Crippen MR) is 84.0 cm³/mol. The number of carbonyl (C=O) groups is 1. The van der Waals surface area contributed by atoms with Gasteiger partial charge in [-0.15, -0.1) is 0 Å². The minimum absolute atomic E-state index is 0.0916. The fourth-order valence-corrected chi connectivity index (χ4v) is 2.25. The molecule has 0 aliphatic rings. The summed E-state index contributed by atoms with van der Waals surface area (Å²) in [5.41, 5.74) is 0.0916. The van der Waals surface area contributed by atoms with Gasteiger partial charge in [-0.2, -0.15) is 0 Å². The fraction of sp³-hybridized carbons (Fsp3) is 0.0556. The van der Waals surface area contributed by atoms with E-state index in [1.807, 2.05) is 42.5 Å². The first-order valence-electron chi connectivity index (χ1n) is 6.75. The molecule has 0 aromatic heterocycles. The van der Waals surface area contributed by atoms with Crippen molar-refractivity contribution in [3.63, 3.8) is 0 Å². The third kappa shape index (κ3) is 2.72. The number of hydrogen-bond donors (Lipinski definition) is 1. The summed E-state index contributed by atoms with van der Waals surface area (Å²) >= 11 is 0. The molecule has 110 valence electrons. The highest BCUT2D eigenvalue weighted by molar-refractivity contribution is 5.91. The van der Waals surface area contributed by atoms with Gasteiger partial charge >= 0.3 is 5.97 Å². The third-order valence-corrected chi connectivity index (χ3v) is 3.37. The van der Waals surface area contributed by atoms with Gasteiger partial charge in [0.1, 0.15) is 22.8 Å². The number of aromatic carboxylic acids is 1. The molecule has 3 aromatic rings. The van der Waals surface area contributed by atoms with Crippen LogP contribution in [0.25, 0.3) is 10.8 Å².